The lowest BCUT2D eigenvalue weighted by molar-refractivity contribution is -0.160. The third-order valence-electron chi connectivity index (χ3n) is 4.11. The lowest BCUT2D eigenvalue weighted by Gasteiger charge is -2.22. The van der Waals surface area contributed by atoms with E-state index in [1.165, 1.54) is 18.7 Å². The van der Waals surface area contributed by atoms with Gasteiger partial charge in [-0.2, -0.15) is 11.8 Å². The van der Waals surface area contributed by atoms with Gasteiger partial charge in [-0.3, -0.25) is 14.5 Å². The molecule has 0 radical (unpaired) electrons. The summed E-state index contributed by atoms with van der Waals surface area (Å²) in [7, 11) is 0. The third kappa shape index (κ3) is 6.97. The number of urea groups is 1. The Hall–Kier alpha value is -2.75. The van der Waals surface area contributed by atoms with E-state index in [9.17, 15) is 19.2 Å². The first-order chi connectivity index (χ1) is 13.9. The van der Waals surface area contributed by atoms with Crippen LogP contribution in [0.2, 0.25) is 0 Å². The monoisotopic (exact) mass is 423 g/mol. The summed E-state index contributed by atoms with van der Waals surface area (Å²) in [6.45, 7) is 1.73. The maximum Gasteiger partial charge on any atom is 0.329 e. The Morgan fingerprint density at radius 3 is 2.62 bits per heavy atom. The maximum atomic E-state index is 12.5. The van der Waals surface area contributed by atoms with Gasteiger partial charge >= 0.3 is 12.0 Å². The van der Waals surface area contributed by atoms with E-state index in [4.69, 9.17) is 9.47 Å². The second-order valence-electron chi connectivity index (χ2n) is 6.30. The number of thioether (sulfide) groups is 1. The number of para-hydroxylation sites is 1. The molecular weight excluding hydrogens is 398 g/mol. The quantitative estimate of drug-likeness (QED) is 0.535. The molecule has 2 rings (SSSR count). The number of esters is 1. The van der Waals surface area contributed by atoms with Crippen molar-refractivity contribution in [3.63, 3.8) is 0 Å². The molecule has 0 aromatic heterocycles. The van der Waals surface area contributed by atoms with E-state index in [0.29, 0.717) is 24.5 Å². The normalized spacial score (nSPS) is 15.2. The van der Waals surface area contributed by atoms with Crippen molar-refractivity contribution in [3.05, 3.63) is 30.3 Å². The molecule has 0 unspecified atom stereocenters. The van der Waals surface area contributed by atoms with E-state index >= 15 is 0 Å². The average Bonchev–Trinajstić information content (AvgIpc) is 3.15. The second kappa shape index (κ2) is 11.3. The Morgan fingerprint density at radius 1 is 1.28 bits per heavy atom. The predicted molar refractivity (Wildman–Crippen MR) is 108 cm³/mol. The number of ether oxygens (including phenoxy) is 2. The highest BCUT2D eigenvalue weighted by Crippen LogP contribution is 2.10. The highest BCUT2D eigenvalue weighted by atomic mass is 32.2. The van der Waals surface area contributed by atoms with Gasteiger partial charge in [0.1, 0.15) is 11.8 Å². The van der Waals surface area contributed by atoms with Crippen molar-refractivity contribution in [3.8, 4) is 5.75 Å². The zero-order valence-electron chi connectivity index (χ0n) is 16.4. The SMILES string of the molecule is CSCC[C@H](NC(=O)COc1ccccc1)C(=O)O[C@H](C)C(=O)N1CCNC1=O. The fourth-order valence-corrected chi connectivity index (χ4v) is 3.07. The molecule has 0 bridgehead atoms. The van der Waals surface area contributed by atoms with Crippen molar-refractivity contribution in [2.24, 2.45) is 0 Å². The predicted octanol–water partition coefficient (Wildman–Crippen LogP) is 0.787. The van der Waals surface area contributed by atoms with Gasteiger partial charge in [0.15, 0.2) is 12.7 Å². The van der Waals surface area contributed by atoms with E-state index in [1.54, 1.807) is 24.3 Å². The largest absolute Gasteiger partial charge is 0.484 e. The topological polar surface area (TPSA) is 114 Å². The minimum Gasteiger partial charge on any atom is -0.484 e. The summed E-state index contributed by atoms with van der Waals surface area (Å²) in [6, 6.07) is 7.40. The van der Waals surface area contributed by atoms with Crippen LogP contribution in [0.4, 0.5) is 4.79 Å². The molecule has 10 heteroatoms. The Morgan fingerprint density at radius 2 is 2.00 bits per heavy atom. The van der Waals surface area contributed by atoms with Crippen LogP contribution < -0.4 is 15.4 Å². The summed E-state index contributed by atoms with van der Waals surface area (Å²) in [5.74, 6) is -0.664. The van der Waals surface area contributed by atoms with Gasteiger partial charge in [-0.05, 0) is 37.5 Å². The second-order valence-corrected chi connectivity index (χ2v) is 7.29. The van der Waals surface area contributed by atoms with Crippen LogP contribution in [0.3, 0.4) is 0 Å². The molecule has 0 saturated carbocycles. The number of hydrogen-bond donors (Lipinski definition) is 2. The van der Waals surface area contributed by atoms with Crippen molar-refractivity contribution >= 4 is 35.6 Å². The van der Waals surface area contributed by atoms with E-state index in [0.717, 1.165) is 4.90 Å². The number of carbonyl (C=O) groups is 4. The van der Waals surface area contributed by atoms with Gasteiger partial charge in [0.2, 0.25) is 0 Å². The van der Waals surface area contributed by atoms with E-state index in [-0.39, 0.29) is 13.2 Å². The molecule has 0 spiro atoms. The number of amides is 4. The summed E-state index contributed by atoms with van der Waals surface area (Å²) in [5.41, 5.74) is 0. The smallest absolute Gasteiger partial charge is 0.329 e. The average molecular weight is 423 g/mol. The fraction of sp³-hybridized carbons (Fsp3) is 0.474. The molecule has 2 atom stereocenters. The minimum atomic E-state index is -1.14. The highest BCUT2D eigenvalue weighted by Gasteiger charge is 2.33. The number of nitrogens with zero attached hydrogens (tertiary/aromatic N) is 1. The van der Waals surface area contributed by atoms with Crippen molar-refractivity contribution in [2.75, 3.05) is 31.7 Å². The van der Waals surface area contributed by atoms with E-state index in [2.05, 4.69) is 10.6 Å². The molecule has 1 aliphatic rings. The van der Waals surface area contributed by atoms with Gasteiger partial charge in [0.25, 0.3) is 11.8 Å². The zero-order chi connectivity index (χ0) is 21.2. The third-order valence-corrected chi connectivity index (χ3v) is 4.75. The Labute approximate surface area is 173 Å². The molecule has 1 aromatic carbocycles. The van der Waals surface area contributed by atoms with Crippen LogP contribution in [0.15, 0.2) is 30.3 Å². The van der Waals surface area contributed by atoms with Crippen LogP contribution in [0.5, 0.6) is 5.75 Å². The van der Waals surface area contributed by atoms with Crippen LogP contribution in [-0.2, 0) is 19.1 Å². The summed E-state index contributed by atoms with van der Waals surface area (Å²) in [4.78, 5) is 49.6. The molecule has 2 N–H and O–H groups in total. The van der Waals surface area contributed by atoms with Gasteiger partial charge < -0.3 is 20.1 Å². The van der Waals surface area contributed by atoms with Crippen LogP contribution >= 0.6 is 11.8 Å². The first-order valence-electron chi connectivity index (χ1n) is 9.18. The molecule has 9 nitrogen and oxygen atoms in total. The Kier molecular flexibility index (Phi) is 8.78. The molecule has 1 aromatic rings. The molecule has 29 heavy (non-hydrogen) atoms. The van der Waals surface area contributed by atoms with Crippen LogP contribution in [0.1, 0.15) is 13.3 Å². The molecule has 1 saturated heterocycles. The van der Waals surface area contributed by atoms with Crippen molar-refractivity contribution in [1.29, 1.82) is 0 Å². The number of carbonyl (C=O) groups excluding carboxylic acids is 4. The minimum absolute atomic E-state index is 0.225. The summed E-state index contributed by atoms with van der Waals surface area (Å²) in [5, 5.41) is 5.10. The molecule has 0 aliphatic carbocycles. The zero-order valence-corrected chi connectivity index (χ0v) is 17.2. The van der Waals surface area contributed by atoms with Crippen molar-refractivity contribution in [1.82, 2.24) is 15.5 Å². The van der Waals surface area contributed by atoms with Crippen molar-refractivity contribution in [2.45, 2.75) is 25.5 Å². The first kappa shape index (κ1) is 22.5. The maximum absolute atomic E-state index is 12.5. The Balaban J connectivity index is 1.89. The number of benzene rings is 1. The number of hydrogen-bond acceptors (Lipinski definition) is 7. The molecule has 1 heterocycles. The summed E-state index contributed by atoms with van der Waals surface area (Å²) >= 11 is 1.51. The fourth-order valence-electron chi connectivity index (χ4n) is 2.59. The van der Waals surface area contributed by atoms with Gasteiger partial charge in [-0.15, -0.1) is 0 Å². The highest BCUT2D eigenvalue weighted by molar-refractivity contribution is 7.98. The van der Waals surface area contributed by atoms with E-state index in [1.807, 2.05) is 12.3 Å². The van der Waals surface area contributed by atoms with Gasteiger partial charge in [-0.1, -0.05) is 18.2 Å². The van der Waals surface area contributed by atoms with Crippen LogP contribution in [-0.4, -0.2) is 72.6 Å². The molecule has 158 valence electrons. The van der Waals surface area contributed by atoms with Crippen molar-refractivity contribution < 1.29 is 28.7 Å². The van der Waals surface area contributed by atoms with Gasteiger partial charge in [-0.25, -0.2) is 9.59 Å². The molecule has 4 amide bonds. The van der Waals surface area contributed by atoms with E-state index < -0.39 is 36.0 Å². The Bertz CT molecular complexity index is 730. The van der Waals surface area contributed by atoms with Crippen LogP contribution in [0, 0.1) is 0 Å². The lowest BCUT2D eigenvalue weighted by atomic mass is 10.2. The molecule has 1 fully saturated rings. The molecular formula is C19H25N3O6S. The van der Waals surface area contributed by atoms with Crippen LogP contribution in [0.25, 0.3) is 0 Å². The standard InChI is InChI=1S/C19H25N3O6S/c1-13(17(24)22-10-9-20-19(22)26)28-18(25)15(8-11-29-2)21-16(23)12-27-14-6-4-3-5-7-14/h3-7,13,15H,8-12H2,1-2H3,(H,20,26)(H,21,23)/t13-,15+/m1/s1. The number of imide groups is 1. The van der Waals surface area contributed by atoms with Gasteiger partial charge in [0, 0.05) is 13.1 Å². The first-order valence-corrected chi connectivity index (χ1v) is 10.6. The number of nitrogens with one attached hydrogen (secondary N) is 2. The summed E-state index contributed by atoms with van der Waals surface area (Å²) in [6.07, 6.45) is 1.07. The van der Waals surface area contributed by atoms with Gasteiger partial charge in [0.05, 0.1) is 0 Å². The summed E-state index contributed by atoms with van der Waals surface area (Å²) < 4.78 is 10.6. The number of rotatable bonds is 10. The molecule has 1 aliphatic heterocycles. The lowest BCUT2D eigenvalue weighted by Crippen LogP contribution is -2.47.